The van der Waals surface area contributed by atoms with Gasteiger partial charge < -0.3 is 10.2 Å². The zero-order valence-corrected chi connectivity index (χ0v) is 9.15. The summed E-state index contributed by atoms with van der Waals surface area (Å²) < 4.78 is 0. The molecule has 2 saturated heterocycles. The highest BCUT2D eigenvalue weighted by atomic mass is 16.2. The molecular weight excluding hydrogens is 204 g/mol. The Morgan fingerprint density at radius 3 is 3.19 bits per heavy atom. The monoisotopic (exact) mass is 220 g/mol. The molecule has 0 unspecified atom stereocenters. The number of hydrogen-bond donors (Lipinski definition) is 2. The third-order valence-electron chi connectivity index (χ3n) is 3.63. The van der Waals surface area contributed by atoms with Crippen LogP contribution in [0.5, 0.6) is 0 Å². The van der Waals surface area contributed by atoms with Gasteiger partial charge in [-0.3, -0.25) is 9.89 Å². The van der Waals surface area contributed by atoms with Gasteiger partial charge in [0, 0.05) is 25.3 Å². The van der Waals surface area contributed by atoms with Gasteiger partial charge >= 0.3 is 0 Å². The van der Waals surface area contributed by atoms with Gasteiger partial charge in [0.05, 0.1) is 11.8 Å². The molecule has 5 heteroatoms. The summed E-state index contributed by atoms with van der Waals surface area (Å²) in [6.07, 6.45) is 5.73. The number of hydrogen-bond acceptors (Lipinski definition) is 3. The molecule has 2 fully saturated rings. The molecule has 1 aromatic heterocycles. The predicted octanol–water partition coefficient (Wildman–Crippen LogP) is 0.234. The second-order valence-electron chi connectivity index (χ2n) is 4.66. The highest BCUT2D eigenvalue weighted by molar-refractivity contribution is 5.93. The van der Waals surface area contributed by atoms with Crippen LogP contribution < -0.4 is 5.32 Å². The van der Waals surface area contributed by atoms with Crippen molar-refractivity contribution in [3.05, 3.63) is 18.0 Å². The van der Waals surface area contributed by atoms with Gasteiger partial charge in [0.15, 0.2) is 0 Å². The molecule has 5 nitrogen and oxygen atoms in total. The molecule has 0 radical (unpaired) electrons. The van der Waals surface area contributed by atoms with Crippen molar-refractivity contribution >= 4 is 5.91 Å². The quantitative estimate of drug-likeness (QED) is 0.712. The second-order valence-corrected chi connectivity index (χ2v) is 4.66. The fourth-order valence-electron chi connectivity index (χ4n) is 2.76. The summed E-state index contributed by atoms with van der Waals surface area (Å²) in [5.74, 6) is 0.745. The number of fused-ring (bicyclic) bond motifs is 1. The number of H-pyrrole nitrogens is 1. The SMILES string of the molecule is O=C(c1cn[nH]c1)N1C[C@@H]2CCCN[C@@H]2C1. The number of nitrogens with one attached hydrogen (secondary N) is 2. The van der Waals surface area contributed by atoms with Crippen molar-refractivity contribution in [2.45, 2.75) is 18.9 Å². The van der Waals surface area contributed by atoms with Gasteiger partial charge in [-0.1, -0.05) is 0 Å². The van der Waals surface area contributed by atoms with E-state index in [0.29, 0.717) is 17.5 Å². The molecular formula is C11H16N4O. The smallest absolute Gasteiger partial charge is 0.257 e. The molecule has 1 aromatic rings. The van der Waals surface area contributed by atoms with E-state index in [2.05, 4.69) is 15.5 Å². The van der Waals surface area contributed by atoms with Crippen LogP contribution in [-0.2, 0) is 0 Å². The van der Waals surface area contributed by atoms with Crippen LogP contribution in [0.15, 0.2) is 12.4 Å². The Hall–Kier alpha value is -1.36. The first-order chi connectivity index (χ1) is 7.84. The van der Waals surface area contributed by atoms with Crippen LogP contribution in [0.4, 0.5) is 0 Å². The first-order valence-electron chi connectivity index (χ1n) is 5.86. The molecule has 86 valence electrons. The number of carbonyl (C=O) groups is 1. The summed E-state index contributed by atoms with van der Waals surface area (Å²) in [6, 6.07) is 0.504. The standard InChI is InChI=1S/C11H16N4O/c16-11(9-4-13-14-5-9)15-6-8-2-1-3-12-10(8)7-15/h4-5,8,10,12H,1-3,6-7H2,(H,13,14)/t8-,10+/m0/s1. The summed E-state index contributed by atoms with van der Waals surface area (Å²) in [6.45, 7) is 2.82. The van der Waals surface area contributed by atoms with Crippen LogP contribution in [0.25, 0.3) is 0 Å². The maximum Gasteiger partial charge on any atom is 0.257 e. The number of amides is 1. The van der Waals surface area contributed by atoms with Crippen LogP contribution in [0.2, 0.25) is 0 Å². The molecule has 3 rings (SSSR count). The lowest BCUT2D eigenvalue weighted by molar-refractivity contribution is 0.0785. The van der Waals surface area contributed by atoms with E-state index in [4.69, 9.17) is 0 Å². The number of nitrogens with zero attached hydrogens (tertiary/aromatic N) is 2. The number of aromatic amines is 1. The third-order valence-corrected chi connectivity index (χ3v) is 3.63. The molecule has 2 N–H and O–H groups in total. The van der Waals surface area contributed by atoms with E-state index >= 15 is 0 Å². The van der Waals surface area contributed by atoms with Crippen molar-refractivity contribution in [3.8, 4) is 0 Å². The molecule has 2 aliphatic rings. The van der Waals surface area contributed by atoms with Gasteiger partial charge in [-0.2, -0.15) is 5.10 Å². The average molecular weight is 220 g/mol. The van der Waals surface area contributed by atoms with E-state index in [1.807, 2.05) is 4.90 Å². The zero-order valence-electron chi connectivity index (χ0n) is 9.15. The van der Waals surface area contributed by atoms with Crippen molar-refractivity contribution in [2.75, 3.05) is 19.6 Å². The minimum atomic E-state index is 0.102. The van der Waals surface area contributed by atoms with Crippen LogP contribution in [0.3, 0.4) is 0 Å². The highest BCUT2D eigenvalue weighted by Crippen LogP contribution is 2.25. The fourth-order valence-corrected chi connectivity index (χ4v) is 2.76. The molecule has 0 saturated carbocycles. The lowest BCUT2D eigenvalue weighted by Gasteiger charge is -2.24. The van der Waals surface area contributed by atoms with Crippen molar-refractivity contribution in [1.82, 2.24) is 20.4 Å². The Balaban J connectivity index is 1.71. The van der Waals surface area contributed by atoms with E-state index in [1.54, 1.807) is 12.4 Å². The first kappa shape index (κ1) is 9.84. The largest absolute Gasteiger partial charge is 0.337 e. The third kappa shape index (κ3) is 1.61. The molecule has 3 heterocycles. The number of piperidine rings is 1. The number of aromatic nitrogens is 2. The Bertz CT molecular complexity index is 361. The number of likely N-dealkylation sites (tertiary alicyclic amines) is 1. The number of carbonyl (C=O) groups excluding carboxylic acids is 1. The van der Waals surface area contributed by atoms with Gasteiger partial charge in [-0.15, -0.1) is 0 Å². The Kier molecular flexibility index (Phi) is 2.40. The van der Waals surface area contributed by atoms with E-state index in [0.717, 1.165) is 19.6 Å². The van der Waals surface area contributed by atoms with Gasteiger partial charge in [0.2, 0.25) is 0 Å². The molecule has 0 bridgehead atoms. The Morgan fingerprint density at radius 1 is 1.50 bits per heavy atom. The molecule has 0 aromatic carbocycles. The molecule has 0 spiro atoms. The number of rotatable bonds is 1. The fraction of sp³-hybridized carbons (Fsp3) is 0.636. The molecule has 2 atom stereocenters. The lowest BCUT2D eigenvalue weighted by Crippen LogP contribution is -2.41. The molecule has 16 heavy (non-hydrogen) atoms. The van der Waals surface area contributed by atoms with Gasteiger partial charge in [0.25, 0.3) is 5.91 Å². The van der Waals surface area contributed by atoms with Crippen LogP contribution >= 0.6 is 0 Å². The Morgan fingerprint density at radius 2 is 2.44 bits per heavy atom. The second kappa shape index (κ2) is 3.90. The van der Waals surface area contributed by atoms with E-state index in [-0.39, 0.29) is 5.91 Å². The van der Waals surface area contributed by atoms with Crippen molar-refractivity contribution in [2.24, 2.45) is 5.92 Å². The first-order valence-corrected chi connectivity index (χ1v) is 5.86. The van der Waals surface area contributed by atoms with E-state index in [1.165, 1.54) is 12.8 Å². The van der Waals surface area contributed by atoms with E-state index < -0.39 is 0 Å². The van der Waals surface area contributed by atoms with Gasteiger partial charge in [-0.25, -0.2) is 0 Å². The summed E-state index contributed by atoms with van der Waals surface area (Å²) >= 11 is 0. The zero-order chi connectivity index (χ0) is 11.0. The average Bonchev–Trinajstić information content (AvgIpc) is 2.97. The minimum absolute atomic E-state index is 0.102. The summed E-state index contributed by atoms with van der Waals surface area (Å²) in [7, 11) is 0. The molecule has 2 aliphatic heterocycles. The minimum Gasteiger partial charge on any atom is -0.337 e. The van der Waals surface area contributed by atoms with Crippen LogP contribution in [0, 0.1) is 5.92 Å². The molecule has 1 amide bonds. The van der Waals surface area contributed by atoms with Crippen LogP contribution in [-0.4, -0.2) is 46.7 Å². The topological polar surface area (TPSA) is 61.0 Å². The van der Waals surface area contributed by atoms with Gasteiger partial charge in [0.1, 0.15) is 0 Å². The van der Waals surface area contributed by atoms with Crippen LogP contribution in [0.1, 0.15) is 23.2 Å². The summed E-state index contributed by atoms with van der Waals surface area (Å²) in [5.41, 5.74) is 0.665. The van der Waals surface area contributed by atoms with E-state index in [9.17, 15) is 4.79 Å². The van der Waals surface area contributed by atoms with Crippen molar-refractivity contribution < 1.29 is 4.79 Å². The van der Waals surface area contributed by atoms with Crippen molar-refractivity contribution in [3.63, 3.8) is 0 Å². The van der Waals surface area contributed by atoms with Crippen molar-refractivity contribution in [1.29, 1.82) is 0 Å². The summed E-state index contributed by atoms with van der Waals surface area (Å²) in [5, 5.41) is 9.99. The molecule has 0 aliphatic carbocycles. The predicted molar refractivity (Wildman–Crippen MR) is 59.0 cm³/mol. The maximum atomic E-state index is 12.1. The normalized spacial score (nSPS) is 29.1. The maximum absolute atomic E-state index is 12.1. The Labute approximate surface area is 94.2 Å². The van der Waals surface area contributed by atoms with Gasteiger partial charge in [-0.05, 0) is 25.3 Å². The summed E-state index contributed by atoms with van der Waals surface area (Å²) in [4.78, 5) is 14.0. The highest BCUT2D eigenvalue weighted by Gasteiger charge is 2.36. The lowest BCUT2D eigenvalue weighted by atomic mass is 9.94.